The highest BCUT2D eigenvalue weighted by Gasteiger charge is 2.26. The Bertz CT molecular complexity index is 692. The average molecular weight is 272 g/mol. The zero-order chi connectivity index (χ0) is 14.3. The minimum absolute atomic E-state index is 0.0371. The Hall–Kier alpha value is -2.50. The molecule has 2 aromatic rings. The van der Waals surface area contributed by atoms with Crippen molar-refractivity contribution in [1.29, 1.82) is 0 Å². The summed E-state index contributed by atoms with van der Waals surface area (Å²) in [7, 11) is 1.75. The molecule has 0 bridgehead atoms. The molecule has 20 heavy (non-hydrogen) atoms. The number of hydrogen-bond donors (Lipinski definition) is 2. The van der Waals surface area contributed by atoms with E-state index in [9.17, 15) is 9.59 Å². The first kappa shape index (κ1) is 12.5. The molecule has 1 aromatic heterocycles. The Morgan fingerprint density at radius 2 is 2.10 bits per heavy atom. The van der Waals surface area contributed by atoms with E-state index < -0.39 is 0 Å². The molecule has 6 heteroatoms. The predicted molar refractivity (Wildman–Crippen MR) is 76.3 cm³/mol. The lowest BCUT2D eigenvalue weighted by Gasteiger charge is -2.31. The van der Waals surface area contributed by atoms with Gasteiger partial charge in [0.05, 0.1) is 0 Å². The first-order chi connectivity index (χ1) is 9.54. The van der Waals surface area contributed by atoms with Crippen LogP contribution in [0.5, 0.6) is 0 Å². The van der Waals surface area contributed by atoms with Crippen molar-refractivity contribution < 1.29 is 9.59 Å². The normalized spacial score (nSPS) is 15.9. The molecule has 2 heterocycles. The number of carbonyl (C=O) groups is 2. The van der Waals surface area contributed by atoms with Crippen molar-refractivity contribution in [2.75, 3.05) is 32.4 Å². The van der Waals surface area contributed by atoms with Crippen molar-refractivity contribution in [3.8, 4) is 0 Å². The van der Waals surface area contributed by atoms with E-state index in [0.29, 0.717) is 24.5 Å². The Labute approximate surface area is 116 Å². The summed E-state index contributed by atoms with van der Waals surface area (Å²) >= 11 is 0. The maximum absolute atomic E-state index is 12.4. The number of anilines is 1. The quantitative estimate of drug-likeness (QED) is 0.748. The standard InChI is InChI=1S/C14H16N4O2/c1-17-4-5-18(8-13(17)19)14(20)12-7-9-6-10(15)2-3-11(9)16-12/h2-3,6-7,16H,4-5,8,15H2,1H3. The van der Waals surface area contributed by atoms with Gasteiger partial charge in [-0.05, 0) is 24.3 Å². The van der Waals surface area contributed by atoms with Gasteiger partial charge in [0.2, 0.25) is 5.91 Å². The minimum atomic E-state index is -0.152. The number of nitrogens with zero attached hydrogens (tertiary/aromatic N) is 2. The van der Waals surface area contributed by atoms with Gasteiger partial charge in [0, 0.05) is 36.7 Å². The molecular formula is C14H16N4O2. The smallest absolute Gasteiger partial charge is 0.270 e. The van der Waals surface area contributed by atoms with E-state index in [0.717, 1.165) is 10.9 Å². The summed E-state index contributed by atoms with van der Waals surface area (Å²) < 4.78 is 0. The lowest BCUT2D eigenvalue weighted by atomic mass is 10.2. The fourth-order valence-corrected chi connectivity index (χ4v) is 2.37. The lowest BCUT2D eigenvalue weighted by molar-refractivity contribution is -0.133. The van der Waals surface area contributed by atoms with E-state index in [1.165, 1.54) is 0 Å². The average Bonchev–Trinajstić information content (AvgIpc) is 2.84. The Morgan fingerprint density at radius 1 is 1.30 bits per heavy atom. The molecule has 0 unspecified atom stereocenters. The van der Waals surface area contributed by atoms with Crippen LogP contribution in [0.3, 0.4) is 0 Å². The zero-order valence-corrected chi connectivity index (χ0v) is 11.2. The molecular weight excluding hydrogens is 256 g/mol. The molecule has 3 rings (SSSR count). The molecule has 0 atom stereocenters. The summed E-state index contributed by atoms with van der Waals surface area (Å²) in [5, 5.41) is 0.897. The fraction of sp³-hybridized carbons (Fsp3) is 0.286. The van der Waals surface area contributed by atoms with Gasteiger partial charge >= 0.3 is 0 Å². The number of carbonyl (C=O) groups excluding carboxylic acids is 2. The topological polar surface area (TPSA) is 82.4 Å². The first-order valence-electron chi connectivity index (χ1n) is 6.46. The van der Waals surface area contributed by atoms with Crippen LogP contribution in [0.15, 0.2) is 24.3 Å². The largest absolute Gasteiger partial charge is 0.399 e. The van der Waals surface area contributed by atoms with Gasteiger partial charge < -0.3 is 20.5 Å². The monoisotopic (exact) mass is 272 g/mol. The number of piperazine rings is 1. The number of likely N-dealkylation sites (N-methyl/N-ethyl adjacent to an activating group) is 1. The van der Waals surface area contributed by atoms with Crippen LogP contribution in [0, 0.1) is 0 Å². The van der Waals surface area contributed by atoms with Crippen molar-refractivity contribution >= 4 is 28.4 Å². The number of aromatic amines is 1. The van der Waals surface area contributed by atoms with Crippen molar-refractivity contribution in [3.63, 3.8) is 0 Å². The second-order valence-corrected chi connectivity index (χ2v) is 5.07. The summed E-state index contributed by atoms with van der Waals surface area (Å²) in [6, 6.07) is 7.22. The number of nitrogen functional groups attached to an aromatic ring is 1. The highest BCUT2D eigenvalue weighted by Crippen LogP contribution is 2.19. The number of aromatic nitrogens is 1. The highest BCUT2D eigenvalue weighted by molar-refractivity contribution is 6.00. The Morgan fingerprint density at radius 3 is 2.85 bits per heavy atom. The van der Waals surface area contributed by atoms with Crippen LogP contribution in [0.4, 0.5) is 5.69 Å². The van der Waals surface area contributed by atoms with E-state index in [2.05, 4.69) is 4.98 Å². The van der Waals surface area contributed by atoms with E-state index in [-0.39, 0.29) is 18.4 Å². The summed E-state index contributed by atoms with van der Waals surface area (Å²) in [5.41, 5.74) is 7.74. The summed E-state index contributed by atoms with van der Waals surface area (Å²) in [5.74, 6) is -0.189. The van der Waals surface area contributed by atoms with Gasteiger partial charge in [-0.25, -0.2) is 0 Å². The number of fused-ring (bicyclic) bond motifs is 1. The Kier molecular flexibility index (Phi) is 2.85. The number of H-pyrrole nitrogens is 1. The number of nitrogens with one attached hydrogen (secondary N) is 1. The van der Waals surface area contributed by atoms with Gasteiger partial charge in [0.25, 0.3) is 5.91 Å². The van der Waals surface area contributed by atoms with E-state index in [4.69, 9.17) is 5.73 Å². The van der Waals surface area contributed by atoms with Crippen LogP contribution < -0.4 is 5.73 Å². The molecule has 1 aromatic carbocycles. The molecule has 1 fully saturated rings. The second-order valence-electron chi connectivity index (χ2n) is 5.07. The fourth-order valence-electron chi connectivity index (χ4n) is 2.37. The third-order valence-electron chi connectivity index (χ3n) is 3.62. The molecule has 0 spiro atoms. The zero-order valence-electron chi connectivity index (χ0n) is 11.2. The molecule has 0 aliphatic carbocycles. The highest BCUT2D eigenvalue weighted by atomic mass is 16.2. The van der Waals surface area contributed by atoms with Crippen molar-refractivity contribution in [3.05, 3.63) is 30.0 Å². The van der Waals surface area contributed by atoms with Gasteiger partial charge in [0.15, 0.2) is 0 Å². The molecule has 1 aliphatic rings. The van der Waals surface area contributed by atoms with Gasteiger partial charge in [0.1, 0.15) is 12.2 Å². The third kappa shape index (κ3) is 2.09. The van der Waals surface area contributed by atoms with Crippen molar-refractivity contribution in [2.45, 2.75) is 0 Å². The second kappa shape index (κ2) is 4.56. The van der Waals surface area contributed by atoms with E-state index in [1.807, 2.05) is 12.1 Å². The van der Waals surface area contributed by atoms with Gasteiger partial charge in [-0.15, -0.1) is 0 Å². The van der Waals surface area contributed by atoms with Crippen LogP contribution in [-0.2, 0) is 4.79 Å². The van der Waals surface area contributed by atoms with Crippen LogP contribution in [-0.4, -0.2) is 53.3 Å². The molecule has 0 saturated carbocycles. The molecule has 1 saturated heterocycles. The van der Waals surface area contributed by atoms with Gasteiger partial charge in [-0.2, -0.15) is 0 Å². The SMILES string of the molecule is CN1CCN(C(=O)c2cc3cc(N)ccc3[nH]2)CC1=O. The third-order valence-corrected chi connectivity index (χ3v) is 3.62. The molecule has 0 radical (unpaired) electrons. The van der Waals surface area contributed by atoms with Gasteiger partial charge in [-0.3, -0.25) is 9.59 Å². The molecule has 6 nitrogen and oxygen atoms in total. The van der Waals surface area contributed by atoms with Crippen molar-refractivity contribution in [2.24, 2.45) is 0 Å². The minimum Gasteiger partial charge on any atom is -0.399 e. The first-order valence-corrected chi connectivity index (χ1v) is 6.46. The van der Waals surface area contributed by atoms with E-state index >= 15 is 0 Å². The molecule has 3 N–H and O–H groups in total. The number of hydrogen-bond acceptors (Lipinski definition) is 3. The van der Waals surface area contributed by atoms with Crippen LogP contribution in [0.1, 0.15) is 10.5 Å². The summed E-state index contributed by atoms with van der Waals surface area (Å²) in [6.07, 6.45) is 0. The van der Waals surface area contributed by atoms with Gasteiger partial charge in [-0.1, -0.05) is 0 Å². The summed E-state index contributed by atoms with van der Waals surface area (Å²) in [6.45, 7) is 1.25. The Balaban J connectivity index is 1.87. The molecule has 104 valence electrons. The lowest BCUT2D eigenvalue weighted by Crippen LogP contribution is -2.50. The summed E-state index contributed by atoms with van der Waals surface area (Å²) in [4.78, 5) is 30.3. The number of nitrogens with two attached hydrogens (primary N) is 1. The molecule has 2 amide bonds. The number of benzene rings is 1. The van der Waals surface area contributed by atoms with Crippen LogP contribution >= 0.6 is 0 Å². The van der Waals surface area contributed by atoms with Crippen LogP contribution in [0.25, 0.3) is 10.9 Å². The van der Waals surface area contributed by atoms with E-state index in [1.54, 1.807) is 29.0 Å². The van der Waals surface area contributed by atoms with Crippen LogP contribution in [0.2, 0.25) is 0 Å². The number of amides is 2. The number of rotatable bonds is 1. The molecule has 1 aliphatic heterocycles. The predicted octanol–water partition coefficient (Wildman–Crippen LogP) is 0.664. The maximum Gasteiger partial charge on any atom is 0.270 e. The van der Waals surface area contributed by atoms with Crippen molar-refractivity contribution in [1.82, 2.24) is 14.8 Å². The maximum atomic E-state index is 12.4.